The number of sulfonamides is 2. The number of halogens is 1. The molecule has 36 heavy (non-hydrogen) atoms. The van der Waals surface area contributed by atoms with Gasteiger partial charge in [-0.1, -0.05) is 19.3 Å². The number of nitrogens with zero attached hydrogens (tertiary/aromatic N) is 1. The number of hydrogen-bond donors (Lipinski definition) is 3. The Morgan fingerprint density at radius 3 is 2.42 bits per heavy atom. The first-order valence-corrected chi connectivity index (χ1v) is 14.7. The molecule has 1 heterocycles. The van der Waals surface area contributed by atoms with Gasteiger partial charge in [0.25, 0.3) is 10.0 Å². The molecule has 2 aliphatic rings. The molecule has 1 aliphatic heterocycles. The molecule has 1 amide bonds. The van der Waals surface area contributed by atoms with E-state index in [0.29, 0.717) is 0 Å². The van der Waals surface area contributed by atoms with Crippen molar-refractivity contribution in [1.82, 2.24) is 4.72 Å². The van der Waals surface area contributed by atoms with Crippen molar-refractivity contribution < 1.29 is 35.9 Å². The summed E-state index contributed by atoms with van der Waals surface area (Å²) in [5, 5.41) is 11.2. The van der Waals surface area contributed by atoms with Gasteiger partial charge in [-0.15, -0.1) is 0 Å². The summed E-state index contributed by atoms with van der Waals surface area (Å²) in [4.78, 5) is 10.9. The predicted molar refractivity (Wildman–Crippen MR) is 132 cm³/mol. The Morgan fingerprint density at radius 1 is 1.06 bits per heavy atom. The minimum atomic E-state index is -4.21. The Hall–Kier alpha value is -2.90. The van der Waals surface area contributed by atoms with Crippen molar-refractivity contribution in [2.45, 2.75) is 43.1 Å². The molecule has 0 saturated heterocycles. The van der Waals surface area contributed by atoms with Crippen LogP contribution in [0, 0.1) is 11.7 Å². The summed E-state index contributed by atoms with van der Waals surface area (Å²) in [6, 6.07) is 8.43. The van der Waals surface area contributed by atoms with E-state index in [4.69, 9.17) is 9.84 Å². The Balaban J connectivity index is 1.58. The Morgan fingerprint density at radius 2 is 1.75 bits per heavy atom. The van der Waals surface area contributed by atoms with Crippen LogP contribution in [0.4, 0.5) is 20.6 Å². The highest BCUT2D eigenvalue weighted by Gasteiger charge is 2.35. The first-order valence-electron chi connectivity index (χ1n) is 11.6. The Kier molecular flexibility index (Phi) is 7.71. The molecule has 3 N–H and O–H groups in total. The van der Waals surface area contributed by atoms with Crippen molar-refractivity contribution in [2.75, 3.05) is 28.5 Å². The second-order valence-corrected chi connectivity index (χ2v) is 12.7. The van der Waals surface area contributed by atoms with E-state index in [-0.39, 0.29) is 46.8 Å². The van der Waals surface area contributed by atoms with Crippen molar-refractivity contribution in [3.8, 4) is 5.75 Å². The van der Waals surface area contributed by atoms with E-state index in [1.54, 1.807) is 0 Å². The minimum Gasteiger partial charge on any atom is -0.485 e. The molecule has 10 nitrogen and oxygen atoms in total. The third-order valence-corrected chi connectivity index (χ3v) is 9.57. The van der Waals surface area contributed by atoms with Gasteiger partial charge in [-0.2, -0.15) is 0 Å². The molecule has 0 radical (unpaired) electrons. The molecule has 0 aromatic heterocycles. The van der Waals surface area contributed by atoms with Gasteiger partial charge in [0.2, 0.25) is 10.0 Å². The molecule has 1 unspecified atom stereocenters. The van der Waals surface area contributed by atoms with E-state index in [1.165, 1.54) is 18.2 Å². The Labute approximate surface area is 209 Å². The van der Waals surface area contributed by atoms with Crippen LogP contribution in [-0.2, 0) is 20.0 Å². The van der Waals surface area contributed by atoms with Gasteiger partial charge in [0.1, 0.15) is 17.7 Å². The average Bonchev–Trinajstić information content (AvgIpc) is 2.82. The lowest BCUT2D eigenvalue weighted by molar-refractivity contribution is 0.203. The smallest absolute Gasteiger partial charge is 0.409 e. The van der Waals surface area contributed by atoms with Crippen LogP contribution in [0.1, 0.15) is 32.1 Å². The van der Waals surface area contributed by atoms with Gasteiger partial charge in [0.15, 0.2) is 0 Å². The number of benzene rings is 2. The number of hydrogen-bond acceptors (Lipinski definition) is 6. The van der Waals surface area contributed by atoms with Gasteiger partial charge in [0.05, 0.1) is 22.9 Å². The van der Waals surface area contributed by atoms with Gasteiger partial charge in [-0.3, -0.25) is 9.62 Å². The predicted octanol–water partition coefficient (Wildman–Crippen LogP) is 3.37. The summed E-state index contributed by atoms with van der Waals surface area (Å²) in [5.41, 5.74) is 0.197. The molecule has 0 bridgehead atoms. The summed E-state index contributed by atoms with van der Waals surface area (Å²) in [6.07, 6.45) is 2.68. The largest absolute Gasteiger partial charge is 0.485 e. The first-order chi connectivity index (χ1) is 17.0. The maximum atomic E-state index is 13.5. The number of fused-ring (bicyclic) bond motifs is 1. The highest BCUT2D eigenvalue weighted by Crippen LogP contribution is 2.39. The fourth-order valence-corrected chi connectivity index (χ4v) is 7.53. The fourth-order valence-electron chi connectivity index (χ4n) is 4.52. The molecular formula is C23H28FN3O7S2. The number of nitrogens with one attached hydrogen (secondary N) is 2. The molecule has 1 atom stereocenters. The molecule has 13 heteroatoms. The quantitative estimate of drug-likeness (QED) is 0.465. The summed E-state index contributed by atoms with van der Waals surface area (Å²) in [5.74, 6) is -0.355. The number of ether oxygens (including phenoxy) is 1. The topological polar surface area (TPSA) is 142 Å². The highest BCUT2D eigenvalue weighted by molar-refractivity contribution is 7.92. The second kappa shape index (κ2) is 10.6. The molecule has 1 aliphatic carbocycles. The monoisotopic (exact) mass is 541 g/mol. The van der Waals surface area contributed by atoms with Gasteiger partial charge >= 0.3 is 6.09 Å². The summed E-state index contributed by atoms with van der Waals surface area (Å²) >= 11 is 0. The molecule has 1 fully saturated rings. The van der Waals surface area contributed by atoms with E-state index < -0.39 is 38.1 Å². The van der Waals surface area contributed by atoms with Gasteiger partial charge in [-0.05, 0) is 61.2 Å². The van der Waals surface area contributed by atoms with E-state index in [9.17, 15) is 26.0 Å². The van der Waals surface area contributed by atoms with Crippen LogP contribution in [-0.4, -0.2) is 53.0 Å². The SMILES string of the molecule is O=C(O)Nc1ccc2c(c1)N(S(=O)(=O)c1ccc(F)cc1)CC(CNS(=O)(=O)CC1CCCCC1)O2. The molecule has 2 aromatic carbocycles. The number of anilines is 2. The third kappa shape index (κ3) is 6.26. The van der Waals surface area contributed by atoms with Crippen LogP contribution in [0.15, 0.2) is 47.4 Å². The van der Waals surface area contributed by atoms with E-state index in [1.807, 2.05) is 0 Å². The molecule has 0 spiro atoms. The average molecular weight is 542 g/mol. The molecule has 2 aromatic rings. The van der Waals surface area contributed by atoms with Crippen molar-refractivity contribution >= 4 is 37.5 Å². The normalized spacial score (nSPS) is 18.8. The standard InChI is InChI=1S/C23H28FN3O7S2/c24-17-6-9-20(10-7-17)36(32,33)27-14-19(13-25-35(30,31)15-16-4-2-1-3-5-16)34-22-11-8-18(12-21(22)27)26-23(28)29/h6-12,16,19,25-26H,1-5,13-15H2,(H,28,29). The van der Waals surface area contributed by atoms with Crippen LogP contribution in [0.5, 0.6) is 5.75 Å². The van der Waals surface area contributed by atoms with Crippen LogP contribution in [0.2, 0.25) is 0 Å². The fraction of sp³-hybridized carbons (Fsp3) is 0.435. The van der Waals surface area contributed by atoms with Crippen molar-refractivity contribution in [1.29, 1.82) is 0 Å². The van der Waals surface area contributed by atoms with Crippen LogP contribution in [0.25, 0.3) is 0 Å². The Bertz CT molecular complexity index is 1310. The maximum absolute atomic E-state index is 13.5. The van der Waals surface area contributed by atoms with Crippen molar-refractivity contribution in [3.05, 3.63) is 48.3 Å². The lowest BCUT2D eigenvalue weighted by atomic mass is 9.91. The number of carboxylic acid groups (broad SMARTS) is 1. The van der Waals surface area contributed by atoms with E-state index in [2.05, 4.69) is 10.0 Å². The zero-order chi connectivity index (χ0) is 25.9. The zero-order valence-corrected chi connectivity index (χ0v) is 21.0. The van der Waals surface area contributed by atoms with Crippen LogP contribution < -0.4 is 19.1 Å². The minimum absolute atomic E-state index is 0.0120. The van der Waals surface area contributed by atoms with Crippen molar-refractivity contribution in [3.63, 3.8) is 0 Å². The van der Waals surface area contributed by atoms with E-state index >= 15 is 0 Å². The molecule has 1 saturated carbocycles. The lowest BCUT2D eigenvalue weighted by Gasteiger charge is -2.36. The van der Waals surface area contributed by atoms with Gasteiger partial charge < -0.3 is 9.84 Å². The van der Waals surface area contributed by atoms with Crippen molar-refractivity contribution in [2.24, 2.45) is 5.92 Å². The molecule has 4 rings (SSSR count). The van der Waals surface area contributed by atoms with Gasteiger partial charge in [0, 0.05) is 12.2 Å². The number of rotatable bonds is 8. The summed E-state index contributed by atoms with van der Waals surface area (Å²) < 4.78 is 75.2. The number of carbonyl (C=O) groups is 1. The highest BCUT2D eigenvalue weighted by atomic mass is 32.2. The second-order valence-electron chi connectivity index (χ2n) is 8.98. The first kappa shape index (κ1) is 26.2. The molecule has 196 valence electrons. The summed E-state index contributed by atoms with van der Waals surface area (Å²) in [6.45, 7) is -0.395. The number of amides is 1. The maximum Gasteiger partial charge on any atom is 0.409 e. The zero-order valence-electron chi connectivity index (χ0n) is 19.4. The van der Waals surface area contributed by atoms with Gasteiger partial charge in [-0.25, -0.2) is 30.7 Å². The van der Waals surface area contributed by atoms with E-state index in [0.717, 1.165) is 60.7 Å². The molecular weight excluding hydrogens is 513 g/mol. The van der Waals surface area contributed by atoms with Crippen LogP contribution >= 0.6 is 0 Å². The third-order valence-electron chi connectivity index (χ3n) is 6.25. The lowest BCUT2D eigenvalue weighted by Crippen LogP contribution is -2.48. The van der Waals surface area contributed by atoms with Crippen LogP contribution in [0.3, 0.4) is 0 Å². The summed E-state index contributed by atoms with van der Waals surface area (Å²) in [7, 11) is -7.82.